The number of amides is 1. The maximum atomic E-state index is 13.3. The lowest BCUT2D eigenvalue weighted by Gasteiger charge is -2.16. The zero-order valence-electron chi connectivity index (χ0n) is 7.82. The molecule has 0 fully saturated rings. The molecule has 0 bridgehead atoms. The fraction of sp³-hybridized carbons (Fsp3) is 0.222. The summed E-state index contributed by atoms with van der Waals surface area (Å²) in [5.74, 6) is -3.48. The van der Waals surface area contributed by atoms with Crippen LogP contribution in [0.1, 0.15) is 11.7 Å². The van der Waals surface area contributed by atoms with Crippen LogP contribution in [0, 0.1) is 11.6 Å². The molecule has 88 valence electrons. The van der Waals surface area contributed by atoms with Gasteiger partial charge in [0.1, 0.15) is 16.9 Å². The maximum absolute atomic E-state index is 13.3. The standard InChI is InChI=1S/C9H8ClF2NO3/c10-5-4(11)2-1-3(6(5)12)7(14)8(15)9(13)16/h1-2,7-8,14-15H,(H2,13,16). The van der Waals surface area contributed by atoms with Crippen LogP contribution in [-0.2, 0) is 4.79 Å². The minimum Gasteiger partial charge on any atom is -0.385 e. The second-order valence-electron chi connectivity index (χ2n) is 3.06. The second-order valence-corrected chi connectivity index (χ2v) is 3.43. The molecule has 0 saturated carbocycles. The van der Waals surface area contributed by atoms with E-state index in [1.54, 1.807) is 0 Å². The van der Waals surface area contributed by atoms with Gasteiger partial charge < -0.3 is 15.9 Å². The number of carbonyl (C=O) groups excluding carboxylic acids is 1. The maximum Gasteiger partial charge on any atom is 0.249 e. The molecule has 0 aliphatic rings. The quantitative estimate of drug-likeness (QED) is 0.684. The van der Waals surface area contributed by atoms with E-state index in [9.17, 15) is 18.7 Å². The van der Waals surface area contributed by atoms with E-state index in [0.717, 1.165) is 12.1 Å². The molecule has 0 heterocycles. The van der Waals surface area contributed by atoms with Crippen molar-refractivity contribution in [3.8, 4) is 0 Å². The number of hydrogen-bond acceptors (Lipinski definition) is 3. The van der Waals surface area contributed by atoms with Gasteiger partial charge in [-0.15, -0.1) is 0 Å². The van der Waals surface area contributed by atoms with Crippen LogP contribution in [0.5, 0.6) is 0 Å². The Morgan fingerprint density at radius 3 is 2.44 bits per heavy atom. The predicted octanol–water partition coefficient (Wildman–Crippen LogP) is 0.498. The summed E-state index contributed by atoms with van der Waals surface area (Å²) in [6.45, 7) is 0. The van der Waals surface area contributed by atoms with Crippen molar-refractivity contribution in [2.24, 2.45) is 5.73 Å². The number of nitrogens with two attached hydrogens (primary N) is 1. The Balaban J connectivity index is 3.14. The molecule has 0 aliphatic heterocycles. The summed E-state index contributed by atoms with van der Waals surface area (Å²) in [5.41, 5.74) is 4.21. The Hall–Kier alpha value is -1.24. The summed E-state index contributed by atoms with van der Waals surface area (Å²) in [7, 11) is 0. The van der Waals surface area contributed by atoms with E-state index >= 15 is 0 Å². The van der Waals surface area contributed by atoms with Crippen LogP contribution in [-0.4, -0.2) is 22.2 Å². The van der Waals surface area contributed by atoms with Gasteiger partial charge in [0.15, 0.2) is 11.9 Å². The predicted molar refractivity (Wildman–Crippen MR) is 51.5 cm³/mol. The molecule has 4 nitrogen and oxygen atoms in total. The first-order valence-electron chi connectivity index (χ1n) is 4.15. The summed E-state index contributed by atoms with van der Waals surface area (Å²) in [5, 5.41) is 17.7. The highest BCUT2D eigenvalue weighted by Crippen LogP contribution is 2.27. The van der Waals surface area contributed by atoms with Gasteiger partial charge >= 0.3 is 0 Å². The molecule has 1 rings (SSSR count). The van der Waals surface area contributed by atoms with Gasteiger partial charge in [-0.2, -0.15) is 0 Å². The molecule has 2 unspecified atom stereocenters. The average molecular weight is 252 g/mol. The third kappa shape index (κ3) is 2.29. The van der Waals surface area contributed by atoms with Gasteiger partial charge in [0.25, 0.3) is 0 Å². The molecule has 1 aromatic rings. The molecule has 0 aliphatic carbocycles. The third-order valence-corrected chi connectivity index (χ3v) is 2.32. The molecular weight excluding hydrogens is 244 g/mol. The van der Waals surface area contributed by atoms with Crippen molar-refractivity contribution < 1.29 is 23.8 Å². The van der Waals surface area contributed by atoms with Gasteiger partial charge in [0.2, 0.25) is 5.91 Å². The zero-order chi connectivity index (χ0) is 12.5. The summed E-state index contributed by atoms with van der Waals surface area (Å²) >= 11 is 5.25. The highest BCUT2D eigenvalue weighted by atomic mass is 35.5. The minimum absolute atomic E-state index is 0.502. The molecule has 0 aromatic heterocycles. The summed E-state index contributed by atoms with van der Waals surface area (Å²) in [6.07, 6.45) is -3.88. The smallest absolute Gasteiger partial charge is 0.249 e. The van der Waals surface area contributed by atoms with E-state index in [-0.39, 0.29) is 0 Å². The highest BCUT2D eigenvalue weighted by Gasteiger charge is 2.27. The minimum atomic E-state index is -1.99. The Kier molecular flexibility index (Phi) is 3.79. The van der Waals surface area contributed by atoms with Crippen LogP contribution >= 0.6 is 11.6 Å². The van der Waals surface area contributed by atoms with Crippen molar-refractivity contribution in [3.63, 3.8) is 0 Å². The Bertz CT molecular complexity index is 427. The molecule has 16 heavy (non-hydrogen) atoms. The second kappa shape index (κ2) is 4.73. The Morgan fingerprint density at radius 2 is 1.94 bits per heavy atom. The Labute approximate surface area is 94.3 Å². The van der Waals surface area contributed by atoms with E-state index < -0.39 is 40.3 Å². The van der Waals surface area contributed by atoms with Crippen molar-refractivity contribution in [1.29, 1.82) is 0 Å². The lowest BCUT2D eigenvalue weighted by molar-refractivity contribution is -0.132. The molecule has 0 radical (unpaired) electrons. The number of carbonyl (C=O) groups is 1. The van der Waals surface area contributed by atoms with Crippen molar-refractivity contribution in [2.45, 2.75) is 12.2 Å². The highest BCUT2D eigenvalue weighted by molar-refractivity contribution is 6.30. The van der Waals surface area contributed by atoms with Gasteiger partial charge in [0, 0.05) is 5.56 Å². The van der Waals surface area contributed by atoms with Crippen molar-refractivity contribution >= 4 is 17.5 Å². The summed E-state index contributed by atoms with van der Waals surface area (Å²) in [6, 6.07) is 1.67. The van der Waals surface area contributed by atoms with Crippen molar-refractivity contribution in [1.82, 2.24) is 0 Å². The largest absolute Gasteiger partial charge is 0.385 e. The monoisotopic (exact) mass is 251 g/mol. The third-order valence-electron chi connectivity index (χ3n) is 1.97. The number of hydrogen-bond donors (Lipinski definition) is 3. The van der Waals surface area contributed by atoms with Crippen LogP contribution in [0.4, 0.5) is 8.78 Å². The fourth-order valence-corrected chi connectivity index (χ4v) is 1.27. The van der Waals surface area contributed by atoms with Crippen molar-refractivity contribution in [2.75, 3.05) is 0 Å². The first kappa shape index (κ1) is 12.8. The fourth-order valence-electron chi connectivity index (χ4n) is 1.09. The molecule has 0 saturated heterocycles. The van der Waals surface area contributed by atoms with Gasteiger partial charge in [-0.3, -0.25) is 4.79 Å². The number of aliphatic hydroxyl groups excluding tert-OH is 2. The van der Waals surface area contributed by atoms with E-state index in [1.807, 2.05) is 0 Å². The lowest BCUT2D eigenvalue weighted by atomic mass is 10.0. The molecule has 1 amide bonds. The van der Waals surface area contributed by atoms with Gasteiger partial charge in [-0.05, 0) is 6.07 Å². The number of primary amides is 1. The van der Waals surface area contributed by atoms with E-state index in [1.165, 1.54) is 0 Å². The number of aliphatic hydroxyl groups is 2. The topological polar surface area (TPSA) is 83.6 Å². The molecule has 0 spiro atoms. The SMILES string of the molecule is NC(=O)C(O)C(O)c1ccc(F)c(Cl)c1F. The first-order valence-corrected chi connectivity index (χ1v) is 4.53. The van der Waals surface area contributed by atoms with Gasteiger partial charge in [0.05, 0.1) is 0 Å². The van der Waals surface area contributed by atoms with Crippen LogP contribution in [0.2, 0.25) is 5.02 Å². The van der Waals surface area contributed by atoms with Crippen LogP contribution < -0.4 is 5.73 Å². The normalized spacial score (nSPS) is 14.6. The van der Waals surface area contributed by atoms with Gasteiger partial charge in [-0.1, -0.05) is 17.7 Å². The molecule has 7 heteroatoms. The number of benzene rings is 1. The van der Waals surface area contributed by atoms with Crippen LogP contribution in [0.15, 0.2) is 12.1 Å². The van der Waals surface area contributed by atoms with Crippen LogP contribution in [0.25, 0.3) is 0 Å². The Morgan fingerprint density at radius 1 is 1.38 bits per heavy atom. The first-order chi connectivity index (χ1) is 7.36. The molecule has 1 aromatic carbocycles. The summed E-state index contributed by atoms with van der Waals surface area (Å²) < 4.78 is 26.1. The van der Waals surface area contributed by atoms with E-state index in [2.05, 4.69) is 0 Å². The average Bonchev–Trinajstić information content (AvgIpc) is 2.24. The molecule has 4 N–H and O–H groups in total. The summed E-state index contributed by atoms with van der Waals surface area (Å²) in [4.78, 5) is 10.6. The van der Waals surface area contributed by atoms with E-state index in [0.29, 0.717) is 0 Å². The van der Waals surface area contributed by atoms with Gasteiger partial charge in [-0.25, -0.2) is 8.78 Å². The lowest BCUT2D eigenvalue weighted by Crippen LogP contribution is -2.34. The zero-order valence-corrected chi connectivity index (χ0v) is 8.58. The van der Waals surface area contributed by atoms with Crippen molar-refractivity contribution in [3.05, 3.63) is 34.4 Å². The number of rotatable bonds is 3. The molecular formula is C9H8ClF2NO3. The van der Waals surface area contributed by atoms with E-state index in [4.69, 9.17) is 22.4 Å². The van der Waals surface area contributed by atoms with Crippen LogP contribution in [0.3, 0.4) is 0 Å². The number of halogens is 3. The molecule has 2 atom stereocenters.